The summed E-state index contributed by atoms with van der Waals surface area (Å²) in [6.45, 7) is 2.04. The fourth-order valence-corrected chi connectivity index (χ4v) is 2.05. The molecule has 0 saturated carbocycles. The highest BCUT2D eigenvalue weighted by atomic mass is 32.1. The van der Waals surface area contributed by atoms with Crippen molar-refractivity contribution < 1.29 is 0 Å². The first-order valence-electron chi connectivity index (χ1n) is 3.14. The molecule has 0 bridgehead atoms. The van der Waals surface area contributed by atoms with Gasteiger partial charge in [0.05, 0.1) is 11.2 Å². The van der Waals surface area contributed by atoms with Crippen LogP contribution in [0.3, 0.4) is 0 Å². The van der Waals surface area contributed by atoms with E-state index in [2.05, 4.69) is 15.9 Å². The van der Waals surface area contributed by atoms with E-state index in [1.165, 1.54) is 10.9 Å². The molecule has 0 saturated heterocycles. The molecule has 2 aromatic rings. The minimum atomic E-state index is 1.12. The highest BCUT2D eigenvalue weighted by molar-refractivity contribution is 7.09. The number of nitrogens with zero attached hydrogens (tertiary/aromatic N) is 2. The first-order valence-corrected chi connectivity index (χ1v) is 4.09. The van der Waals surface area contributed by atoms with Crippen LogP contribution in [0.2, 0.25) is 0 Å². The van der Waals surface area contributed by atoms with E-state index in [0.717, 1.165) is 5.69 Å². The lowest BCUT2D eigenvalue weighted by Gasteiger charge is -1.84. The van der Waals surface area contributed by atoms with Crippen LogP contribution in [0, 0.1) is 6.92 Å². The molecule has 2 nitrogen and oxygen atoms in total. The summed E-state index contributed by atoms with van der Waals surface area (Å²) in [5.74, 6) is 0. The van der Waals surface area contributed by atoms with Crippen molar-refractivity contribution in [1.82, 2.24) is 9.78 Å². The molecule has 0 fully saturated rings. The quantitative estimate of drug-likeness (QED) is 0.564. The normalized spacial score (nSPS) is 11.0. The Balaban J connectivity index is 2.98. The van der Waals surface area contributed by atoms with E-state index in [-0.39, 0.29) is 0 Å². The van der Waals surface area contributed by atoms with Crippen molar-refractivity contribution in [3.05, 3.63) is 16.5 Å². The summed E-state index contributed by atoms with van der Waals surface area (Å²) < 4.78 is 1.92. The molecule has 0 aliphatic carbocycles. The van der Waals surface area contributed by atoms with Gasteiger partial charge in [0.25, 0.3) is 0 Å². The third kappa shape index (κ3) is 0.609. The van der Waals surface area contributed by atoms with Crippen molar-refractivity contribution >= 4 is 22.2 Å². The molecule has 2 heterocycles. The lowest BCUT2D eigenvalue weighted by molar-refractivity contribution is 0.784. The summed E-state index contributed by atoms with van der Waals surface area (Å²) in [5, 5.41) is 9.82. The molecule has 10 heavy (non-hydrogen) atoms. The Bertz CT molecular complexity index is 327. The van der Waals surface area contributed by atoms with Gasteiger partial charge in [-0.25, -0.2) is 0 Å². The Labute approximate surface area is 63.1 Å². The van der Waals surface area contributed by atoms with Crippen LogP contribution < -0.4 is 0 Å². The number of aryl methyl sites for hydroxylation is 2. The van der Waals surface area contributed by atoms with Crippen LogP contribution in [0.25, 0.3) is 10.9 Å². The van der Waals surface area contributed by atoms with Gasteiger partial charge in [-0.3, -0.25) is 4.68 Å². The van der Waals surface area contributed by atoms with Crippen LogP contribution in [-0.2, 0) is 7.05 Å². The highest BCUT2D eigenvalue weighted by Crippen LogP contribution is 2.20. The predicted molar refractivity (Wildman–Crippen MR) is 43.3 cm³/mol. The average Bonchev–Trinajstić information content (AvgIpc) is 2.39. The second kappa shape index (κ2) is 1.83. The molecule has 0 unspecified atom stereocenters. The van der Waals surface area contributed by atoms with Crippen LogP contribution >= 0.6 is 11.3 Å². The molecule has 3 heteroatoms. The maximum Gasteiger partial charge on any atom is 0.0788 e. The fourth-order valence-electron chi connectivity index (χ4n) is 1.14. The predicted octanol–water partition coefficient (Wildman–Crippen LogP) is 1.94. The first-order chi connectivity index (χ1) is 4.79. The zero-order chi connectivity index (χ0) is 7.14. The van der Waals surface area contributed by atoms with Crippen molar-refractivity contribution in [3.63, 3.8) is 0 Å². The highest BCUT2D eigenvalue weighted by Gasteiger charge is 2.02. The van der Waals surface area contributed by atoms with Gasteiger partial charge in [-0.2, -0.15) is 5.10 Å². The molecule has 52 valence electrons. The molecule has 0 N–H and O–H groups in total. The minimum absolute atomic E-state index is 1.12. The summed E-state index contributed by atoms with van der Waals surface area (Å²) in [7, 11) is 1.97. The van der Waals surface area contributed by atoms with Gasteiger partial charge < -0.3 is 0 Å². The zero-order valence-corrected chi connectivity index (χ0v) is 6.77. The van der Waals surface area contributed by atoms with Gasteiger partial charge in [0.1, 0.15) is 0 Å². The van der Waals surface area contributed by atoms with E-state index < -0.39 is 0 Å². The van der Waals surface area contributed by atoms with Crippen LogP contribution in [0.5, 0.6) is 0 Å². The van der Waals surface area contributed by atoms with Crippen molar-refractivity contribution in [2.24, 2.45) is 7.05 Å². The molecule has 0 aromatic carbocycles. The summed E-state index contributed by atoms with van der Waals surface area (Å²) in [6.07, 6.45) is 0. The molecule has 0 aliphatic heterocycles. The number of aromatic nitrogens is 2. The Morgan fingerprint density at radius 3 is 3.00 bits per heavy atom. The number of hydrogen-bond donors (Lipinski definition) is 0. The topological polar surface area (TPSA) is 17.8 Å². The number of fused-ring (bicyclic) bond motifs is 1. The molecule has 0 atom stereocenters. The summed E-state index contributed by atoms with van der Waals surface area (Å²) in [5.41, 5.74) is 2.36. The maximum atomic E-state index is 4.27. The van der Waals surface area contributed by atoms with Gasteiger partial charge in [0, 0.05) is 23.2 Å². The Kier molecular flexibility index (Phi) is 1.08. The maximum absolute atomic E-state index is 4.27. The van der Waals surface area contributed by atoms with Crippen molar-refractivity contribution in [3.8, 4) is 0 Å². The smallest absolute Gasteiger partial charge is 0.0788 e. The van der Waals surface area contributed by atoms with Crippen LogP contribution in [0.15, 0.2) is 10.8 Å². The second-order valence-electron chi connectivity index (χ2n) is 2.38. The van der Waals surface area contributed by atoms with E-state index in [0.29, 0.717) is 0 Å². The lowest BCUT2D eigenvalue weighted by atomic mass is 10.3. The largest absolute Gasteiger partial charge is 0.267 e. The molecular formula is C7H8N2S. The van der Waals surface area contributed by atoms with E-state index in [4.69, 9.17) is 0 Å². The minimum Gasteiger partial charge on any atom is -0.267 e. The van der Waals surface area contributed by atoms with E-state index in [1.54, 1.807) is 11.3 Å². The van der Waals surface area contributed by atoms with E-state index in [9.17, 15) is 0 Å². The van der Waals surface area contributed by atoms with E-state index in [1.807, 2.05) is 18.7 Å². The van der Waals surface area contributed by atoms with E-state index >= 15 is 0 Å². The molecule has 2 aromatic heterocycles. The van der Waals surface area contributed by atoms with Crippen LogP contribution in [0.4, 0.5) is 0 Å². The Morgan fingerprint density at radius 1 is 1.50 bits per heavy atom. The number of rotatable bonds is 0. The monoisotopic (exact) mass is 152 g/mol. The molecule has 0 radical (unpaired) electrons. The first kappa shape index (κ1) is 5.92. The van der Waals surface area contributed by atoms with Crippen molar-refractivity contribution in [2.75, 3.05) is 0 Å². The summed E-state index contributed by atoms with van der Waals surface area (Å²) in [4.78, 5) is 0. The molecule has 2 rings (SSSR count). The average molecular weight is 152 g/mol. The van der Waals surface area contributed by atoms with Crippen LogP contribution in [0.1, 0.15) is 5.69 Å². The SMILES string of the molecule is Cc1nn(C)c2cscc12. The van der Waals surface area contributed by atoms with Crippen molar-refractivity contribution in [2.45, 2.75) is 6.92 Å². The second-order valence-corrected chi connectivity index (χ2v) is 3.12. The lowest BCUT2D eigenvalue weighted by Crippen LogP contribution is -1.88. The van der Waals surface area contributed by atoms with Gasteiger partial charge >= 0.3 is 0 Å². The zero-order valence-electron chi connectivity index (χ0n) is 5.96. The third-order valence-corrected chi connectivity index (χ3v) is 2.41. The Morgan fingerprint density at radius 2 is 2.30 bits per heavy atom. The molecular weight excluding hydrogens is 144 g/mol. The summed E-state index contributed by atoms with van der Waals surface area (Å²) in [6, 6.07) is 0. The molecule has 0 aliphatic rings. The summed E-state index contributed by atoms with van der Waals surface area (Å²) >= 11 is 1.73. The molecule has 0 spiro atoms. The van der Waals surface area contributed by atoms with Gasteiger partial charge in [0.2, 0.25) is 0 Å². The van der Waals surface area contributed by atoms with Gasteiger partial charge in [0.15, 0.2) is 0 Å². The van der Waals surface area contributed by atoms with Gasteiger partial charge in [-0.1, -0.05) is 0 Å². The van der Waals surface area contributed by atoms with Crippen LogP contribution in [-0.4, -0.2) is 9.78 Å². The Hall–Kier alpha value is -0.830. The third-order valence-electron chi connectivity index (χ3n) is 1.68. The van der Waals surface area contributed by atoms with Gasteiger partial charge in [-0.15, -0.1) is 11.3 Å². The standard InChI is InChI=1S/C7H8N2S/c1-5-6-3-10-4-7(6)9(2)8-5/h3-4H,1-2H3. The molecule has 0 amide bonds. The van der Waals surface area contributed by atoms with Crippen molar-refractivity contribution in [1.29, 1.82) is 0 Å². The number of thiophene rings is 1. The fraction of sp³-hybridized carbons (Fsp3) is 0.286. The van der Waals surface area contributed by atoms with Gasteiger partial charge in [-0.05, 0) is 6.92 Å². The number of hydrogen-bond acceptors (Lipinski definition) is 2.